The highest BCUT2D eigenvalue weighted by Gasteiger charge is 2.56. The molecule has 0 radical (unpaired) electrons. The van der Waals surface area contributed by atoms with Crippen molar-refractivity contribution in [1.82, 2.24) is 15.1 Å². The molecule has 5 rings (SSSR count). The molecule has 1 N–H and O–H groups in total. The first-order valence-electron chi connectivity index (χ1n) is 10.7. The first-order valence-corrected chi connectivity index (χ1v) is 10.7. The lowest BCUT2D eigenvalue weighted by molar-refractivity contribution is -0.120. The first-order chi connectivity index (χ1) is 14.8. The van der Waals surface area contributed by atoms with Crippen LogP contribution in [0.4, 0.5) is 4.39 Å². The fourth-order valence-corrected chi connectivity index (χ4v) is 5.41. The number of allylic oxidation sites excluding steroid dienone is 2. The maximum atomic E-state index is 15.7. The van der Waals surface area contributed by atoms with E-state index in [1.54, 1.807) is 26.2 Å². The van der Waals surface area contributed by atoms with E-state index in [-0.39, 0.29) is 12.2 Å². The van der Waals surface area contributed by atoms with Gasteiger partial charge in [0.05, 0.1) is 23.0 Å². The molecule has 3 aliphatic rings. The molecule has 3 heterocycles. The predicted molar refractivity (Wildman–Crippen MR) is 116 cm³/mol. The maximum absolute atomic E-state index is 15.7. The monoisotopic (exact) mass is 419 g/mol. The van der Waals surface area contributed by atoms with E-state index in [9.17, 15) is 4.79 Å². The van der Waals surface area contributed by atoms with E-state index in [1.807, 2.05) is 42.9 Å². The minimum absolute atomic E-state index is 0.0135. The second-order valence-electron chi connectivity index (χ2n) is 9.28. The number of carbonyl (C=O) groups is 1. The highest BCUT2D eigenvalue weighted by molar-refractivity contribution is 6.02. The van der Waals surface area contributed by atoms with Crippen molar-refractivity contribution in [3.63, 3.8) is 0 Å². The lowest BCUT2D eigenvalue weighted by atomic mass is 9.58. The minimum Gasteiger partial charge on any atom is -0.359 e. The molecule has 7 heteroatoms. The van der Waals surface area contributed by atoms with Gasteiger partial charge in [0, 0.05) is 41.8 Å². The van der Waals surface area contributed by atoms with Crippen LogP contribution in [0.5, 0.6) is 0 Å². The largest absolute Gasteiger partial charge is 0.359 e. The molecule has 1 aliphatic carbocycles. The van der Waals surface area contributed by atoms with Gasteiger partial charge in [0.1, 0.15) is 6.17 Å². The van der Waals surface area contributed by atoms with E-state index in [1.165, 1.54) is 0 Å². The third kappa shape index (κ3) is 2.68. The van der Waals surface area contributed by atoms with Crippen molar-refractivity contribution in [3.8, 4) is 11.3 Å². The number of ketones is 1. The van der Waals surface area contributed by atoms with Crippen LogP contribution in [-0.2, 0) is 17.3 Å². The molecule has 3 atom stereocenters. The summed E-state index contributed by atoms with van der Waals surface area (Å²) in [7, 11) is 1.90. The molecule has 160 valence electrons. The lowest BCUT2D eigenvalue weighted by Gasteiger charge is -2.49. The molecular weight excluding hydrogens is 393 g/mol. The van der Waals surface area contributed by atoms with Gasteiger partial charge < -0.3 is 5.32 Å². The van der Waals surface area contributed by atoms with Crippen LogP contribution in [0.25, 0.3) is 11.3 Å². The van der Waals surface area contributed by atoms with Gasteiger partial charge in [0.25, 0.3) is 0 Å². The van der Waals surface area contributed by atoms with Crippen LogP contribution < -0.4 is 5.32 Å². The first kappa shape index (κ1) is 19.8. The number of hydrogen-bond acceptors (Lipinski definition) is 5. The zero-order chi connectivity index (χ0) is 22.0. The Kier molecular flexibility index (Phi) is 4.29. The highest BCUT2D eigenvalue weighted by atomic mass is 19.1. The number of halogens is 1. The fourth-order valence-electron chi connectivity index (χ4n) is 5.41. The van der Waals surface area contributed by atoms with Crippen molar-refractivity contribution >= 4 is 5.78 Å². The molecule has 0 saturated heterocycles. The quantitative estimate of drug-likeness (QED) is 0.790. The number of hydrogen-bond donors (Lipinski definition) is 1. The van der Waals surface area contributed by atoms with Crippen molar-refractivity contribution in [3.05, 3.63) is 65.1 Å². The van der Waals surface area contributed by atoms with Crippen molar-refractivity contribution in [2.45, 2.75) is 51.4 Å². The molecular formula is C24H26FN5O. The van der Waals surface area contributed by atoms with E-state index in [4.69, 9.17) is 0 Å². The summed E-state index contributed by atoms with van der Waals surface area (Å²) in [5.41, 5.74) is 3.17. The van der Waals surface area contributed by atoms with Crippen LogP contribution in [0.1, 0.15) is 39.2 Å². The van der Waals surface area contributed by atoms with E-state index < -0.39 is 23.2 Å². The Morgan fingerprint density at radius 1 is 1.29 bits per heavy atom. The van der Waals surface area contributed by atoms with Gasteiger partial charge in [-0.25, -0.2) is 4.39 Å². The molecule has 1 aromatic carbocycles. The summed E-state index contributed by atoms with van der Waals surface area (Å²) < 4.78 is 17.5. The molecule has 1 unspecified atom stereocenters. The van der Waals surface area contributed by atoms with Crippen LogP contribution in [0.2, 0.25) is 0 Å². The van der Waals surface area contributed by atoms with Crippen LogP contribution in [0.3, 0.4) is 0 Å². The lowest BCUT2D eigenvalue weighted by Crippen LogP contribution is -2.55. The smallest absolute Gasteiger partial charge is 0.164 e. The van der Waals surface area contributed by atoms with Gasteiger partial charge in [0.15, 0.2) is 11.9 Å². The van der Waals surface area contributed by atoms with Crippen molar-refractivity contribution in [2.75, 3.05) is 0 Å². The number of nitrogens with one attached hydrogen (secondary N) is 1. The van der Waals surface area contributed by atoms with Crippen molar-refractivity contribution in [2.24, 2.45) is 22.7 Å². The van der Waals surface area contributed by atoms with Gasteiger partial charge in [-0.3, -0.25) is 9.48 Å². The number of Topliss-reactive ketones (excluding diaryl/α,β-unsaturated/α-hetero) is 1. The summed E-state index contributed by atoms with van der Waals surface area (Å²) in [6, 6.07) is 10.1. The Labute approximate surface area is 180 Å². The van der Waals surface area contributed by atoms with E-state index >= 15 is 4.39 Å². The van der Waals surface area contributed by atoms with Crippen molar-refractivity contribution < 1.29 is 9.18 Å². The Morgan fingerprint density at radius 2 is 2.10 bits per heavy atom. The van der Waals surface area contributed by atoms with E-state index in [0.717, 1.165) is 22.4 Å². The average Bonchev–Trinajstić information content (AvgIpc) is 3.39. The summed E-state index contributed by atoms with van der Waals surface area (Å²) in [4.78, 5) is 13.5. The second-order valence-corrected chi connectivity index (χ2v) is 9.28. The Balaban J connectivity index is 1.78. The predicted octanol–water partition coefficient (Wildman–Crippen LogP) is 4.61. The molecule has 0 saturated carbocycles. The molecule has 31 heavy (non-hydrogen) atoms. The number of aromatic nitrogens is 2. The Bertz CT molecular complexity index is 1170. The minimum atomic E-state index is -1.27. The molecule has 6 nitrogen and oxygen atoms in total. The summed E-state index contributed by atoms with van der Waals surface area (Å²) >= 11 is 0. The summed E-state index contributed by atoms with van der Waals surface area (Å²) in [6.45, 7) is 5.65. The van der Waals surface area contributed by atoms with Gasteiger partial charge in [-0.2, -0.15) is 15.3 Å². The van der Waals surface area contributed by atoms with Gasteiger partial charge in [-0.15, -0.1) is 0 Å². The van der Waals surface area contributed by atoms with Gasteiger partial charge in [-0.05, 0) is 24.1 Å². The molecule has 2 aliphatic heterocycles. The number of azo groups is 1. The average molecular weight is 420 g/mol. The standard InChI is InChI=1S/C24H26FN5O/c1-5-24(15-8-6-7-14(11-15)17-9-10-27-30(17)4)16-13-26-29-22(16)28-20-19(24)18(31)12-23(2,3)21(20)25/h6-11,13,21-22,28H,5,12H2,1-4H3/t21-,22?,24-/m0/s1. The summed E-state index contributed by atoms with van der Waals surface area (Å²) in [6.07, 6.45) is 2.54. The number of benzene rings is 1. The highest BCUT2D eigenvalue weighted by Crippen LogP contribution is 2.54. The zero-order valence-corrected chi connectivity index (χ0v) is 18.2. The third-order valence-corrected chi connectivity index (χ3v) is 6.99. The SMILES string of the molecule is CC[C@]1(c2cccc(-c3ccnn3C)c2)C2=CN=NC2NC2=C1C(=O)CC(C)(C)[C@H]2F. The normalized spacial score (nSPS) is 28.8. The summed E-state index contributed by atoms with van der Waals surface area (Å²) in [5.74, 6) is -0.0135. The Hall–Kier alpha value is -3.09. The number of alkyl halides is 1. The molecule has 0 bridgehead atoms. The second kappa shape index (κ2) is 6.70. The topological polar surface area (TPSA) is 71.6 Å². The van der Waals surface area contributed by atoms with Crippen LogP contribution in [0.15, 0.2) is 69.8 Å². The maximum Gasteiger partial charge on any atom is 0.164 e. The van der Waals surface area contributed by atoms with E-state index in [0.29, 0.717) is 17.7 Å². The number of aryl methyl sites for hydroxylation is 1. The van der Waals surface area contributed by atoms with Crippen LogP contribution in [-0.4, -0.2) is 27.9 Å². The molecule has 0 fully saturated rings. The molecule has 1 aromatic heterocycles. The number of carbonyl (C=O) groups excluding carboxylic acids is 1. The Morgan fingerprint density at radius 3 is 2.81 bits per heavy atom. The van der Waals surface area contributed by atoms with Crippen molar-refractivity contribution in [1.29, 1.82) is 0 Å². The molecule has 0 spiro atoms. The number of fused-ring (bicyclic) bond motifs is 1. The zero-order valence-electron chi connectivity index (χ0n) is 18.2. The third-order valence-electron chi connectivity index (χ3n) is 6.99. The van der Waals surface area contributed by atoms with Crippen LogP contribution >= 0.6 is 0 Å². The summed E-state index contributed by atoms with van der Waals surface area (Å²) in [5, 5.41) is 15.9. The van der Waals surface area contributed by atoms with E-state index in [2.05, 4.69) is 26.7 Å². The molecule has 2 aromatic rings. The number of nitrogens with zero attached hydrogens (tertiary/aromatic N) is 4. The fraction of sp³-hybridized carbons (Fsp3) is 0.417. The van der Waals surface area contributed by atoms with Gasteiger partial charge in [0.2, 0.25) is 0 Å². The van der Waals surface area contributed by atoms with Gasteiger partial charge >= 0.3 is 0 Å². The van der Waals surface area contributed by atoms with Gasteiger partial charge in [-0.1, -0.05) is 39.0 Å². The molecule has 0 amide bonds. The van der Waals surface area contributed by atoms with Crippen LogP contribution in [0, 0.1) is 5.41 Å². The number of rotatable bonds is 3.